The van der Waals surface area contributed by atoms with Crippen LogP contribution in [0.5, 0.6) is 5.75 Å². The van der Waals surface area contributed by atoms with Crippen molar-refractivity contribution in [3.63, 3.8) is 0 Å². The minimum absolute atomic E-state index is 0.0294. The summed E-state index contributed by atoms with van der Waals surface area (Å²) in [7, 11) is 4.24. The molecule has 2 aliphatic heterocycles. The minimum Gasteiger partial charge on any atom is -0.508 e. The van der Waals surface area contributed by atoms with Crippen molar-refractivity contribution in [1.82, 2.24) is 0 Å². The molecule has 31 heavy (non-hydrogen) atoms. The highest BCUT2D eigenvalue weighted by Crippen LogP contribution is 2.49. The van der Waals surface area contributed by atoms with E-state index in [9.17, 15) is 5.11 Å². The second kappa shape index (κ2) is 7.12. The Morgan fingerprint density at radius 3 is 2.32 bits per heavy atom. The van der Waals surface area contributed by atoms with Gasteiger partial charge in [-0.25, -0.2) is 0 Å². The van der Waals surface area contributed by atoms with E-state index >= 15 is 0 Å². The van der Waals surface area contributed by atoms with Gasteiger partial charge in [0.15, 0.2) is 5.71 Å². The Bertz CT molecular complexity index is 1150. The number of para-hydroxylation sites is 1. The summed E-state index contributed by atoms with van der Waals surface area (Å²) < 4.78 is 2.30. The number of benzene rings is 2. The fraction of sp³-hybridized carbons (Fsp3) is 0.393. The predicted octanol–water partition coefficient (Wildman–Crippen LogP) is 6.39. The first-order valence-electron chi connectivity index (χ1n) is 11.2. The van der Waals surface area contributed by atoms with Crippen LogP contribution in [0, 0.1) is 0 Å². The number of aromatic hydroxyl groups is 1. The maximum absolute atomic E-state index is 10.5. The van der Waals surface area contributed by atoms with Crippen molar-refractivity contribution in [2.75, 3.05) is 19.0 Å². The lowest BCUT2D eigenvalue weighted by atomic mass is 9.81. The Balaban J connectivity index is 1.72. The van der Waals surface area contributed by atoms with Gasteiger partial charge in [0.25, 0.3) is 0 Å². The number of phenolic OH excluding ortho intramolecular Hbond substituents is 1. The number of anilines is 1. The Labute approximate surface area is 187 Å². The van der Waals surface area contributed by atoms with Crippen LogP contribution >= 0.6 is 0 Å². The van der Waals surface area contributed by atoms with Crippen LogP contribution in [0.4, 0.5) is 11.4 Å². The number of rotatable bonds is 3. The second-order valence-electron chi connectivity index (χ2n) is 10.3. The van der Waals surface area contributed by atoms with E-state index in [1.165, 1.54) is 28.2 Å². The van der Waals surface area contributed by atoms with Gasteiger partial charge in [-0.1, -0.05) is 52.0 Å². The number of hydrogen-bond donors (Lipinski definition) is 1. The smallest absolute Gasteiger partial charge is 0.209 e. The van der Waals surface area contributed by atoms with Crippen LogP contribution in [0.25, 0.3) is 0 Å². The maximum Gasteiger partial charge on any atom is 0.209 e. The molecular weight excluding hydrogens is 380 g/mol. The summed E-state index contributed by atoms with van der Waals surface area (Å²) in [5, 5.41) is 10.5. The summed E-state index contributed by atoms with van der Waals surface area (Å²) in [5.74, 6) is 0.674. The molecule has 2 aromatic carbocycles. The third kappa shape index (κ3) is 3.13. The normalized spacial score (nSPS) is 20.3. The number of phenols is 1. The molecule has 0 unspecified atom stereocenters. The fourth-order valence-electron chi connectivity index (χ4n) is 5.37. The zero-order valence-electron chi connectivity index (χ0n) is 20.1. The van der Waals surface area contributed by atoms with Gasteiger partial charge in [-0.15, -0.1) is 0 Å². The minimum atomic E-state index is -0.128. The number of likely N-dealkylation sites (N-methyl/N-ethyl adjacent to an activating group) is 1. The summed E-state index contributed by atoms with van der Waals surface area (Å²) in [6.07, 6.45) is 6.66. The fourth-order valence-corrected chi connectivity index (χ4v) is 5.37. The molecule has 4 rings (SSSR count). The molecule has 1 N–H and O–H groups in total. The van der Waals surface area contributed by atoms with E-state index in [0.717, 1.165) is 11.3 Å². The van der Waals surface area contributed by atoms with E-state index in [1.54, 1.807) is 0 Å². The topological polar surface area (TPSA) is 26.5 Å². The summed E-state index contributed by atoms with van der Waals surface area (Å²) in [6, 6.07) is 12.8. The molecule has 0 bridgehead atoms. The standard InChI is InChI=1S/C28H34N2O/c1-18(2)19-16-21-23(17-24(19)31)30(8)26(28(21,5)6)15-11-14-25-27(3,4)20-12-9-10-13-22(20)29(25)7/h9-18H,1-8H3/p+1. The van der Waals surface area contributed by atoms with Gasteiger partial charge in [-0.2, -0.15) is 4.58 Å². The summed E-state index contributed by atoms with van der Waals surface area (Å²) in [6.45, 7) is 13.4. The first-order chi connectivity index (χ1) is 14.5. The molecule has 3 heteroatoms. The van der Waals surface area contributed by atoms with E-state index in [-0.39, 0.29) is 16.7 Å². The van der Waals surface area contributed by atoms with Gasteiger partial charge in [-0.05, 0) is 43.0 Å². The third-order valence-corrected chi connectivity index (χ3v) is 7.25. The lowest BCUT2D eigenvalue weighted by Gasteiger charge is -2.24. The van der Waals surface area contributed by atoms with E-state index < -0.39 is 0 Å². The highest BCUT2D eigenvalue weighted by molar-refractivity contribution is 6.03. The van der Waals surface area contributed by atoms with Crippen molar-refractivity contribution < 1.29 is 9.68 Å². The summed E-state index contributed by atoms with van der Waals surface area (Å²) in [5.41, 5.74) is 8.39. The molecule has 0 spiro atoms. The lowest BCUT2D eigenvalue weighted by Crippen LogP contribution is -2.26. The molecule has 0 saturated heterocycles. The largest absolute Gasteiger partial charge is 0.508 e. The first kappa shape index (κ1) is 21.4. The molecule has 0 saturated carbocycles. The summed E-state index contributed by atoms with van der Waals surface area (Å²) in [4.78, 5) is 2.21. The molecule has 0 aliphatic carbocycles. The molecule has 2 aliphatic rings. The molecule has 0 aromatic heterocycles. The van der Waals surface area contributed by atoms with Crippen molar-refractivity contribution in [3.8, 4) is 5.75 Å². The van der Waals surface area contributed by atoms with Crippen molar-refractivity contribution in [2.24, 2.45) is 0 Å². The Morgan fingerprint density at radius 1 is 1.00 bits per heavy atom. The number of fused-ring (bicyclic) bond motifs is 2. The molecule has 0 fully saturated rings. The van der Waals surface area contributed by atoms with E-state index in [2.05, 4.69) is 114 Å². The summed E-state index contributed by atoms with van der Waals surface area (Å²) >= 11 is 0. The number of hydrogen-bond acceptors (Lipinski definition) is 2. The third-order valence-electron chi connectivity index (χ3n) is 7.25. The van der Waals surface area contributed by atoms with Gasteiger partial charge in [0.2, 0.25) is 5.69 Å². The number of nitrogens with zero attached hydrogens (tertiary/aromatic N) is 2. The zero-order chi connectivity index (χ0) is 22.7. The average Bonchev–Trinajstić information content (AvgIpc) is 3.01. The molecule has 0 radical (unpaired) electrons. The average molecular weight is 416 g/mol. The quantitative estimate of drug-likeness (QED) is 0.588. The van der Waals surface area contributed by atoms with E-state index in [4.69, 9.17) is 0 Å². The van der Waals surface area contributed by atoms with Crippen LogP contribution in [0.15, 0.2) is 60.3 Å². The van der Waals surface area contributed by atoms with Crippen LogP contribution in [-0.4, -0.2) is 29.5 Å². The first-order valence-corrected chi connectivity index (χ1v) is 11.2. The van der Waals surface area contributed by atoms with Crippen LogP contribution in [0.2, 0.25) is 0 Å². The Morgan fingerprint density at radius 2 is 1.68 bits per heavy atom. The van der Waals surface area contributed by atoms with Gasteiger partial charge in [0.05, 0.1) is 5.41 Å². The van der Waals surface area contributed by atoms with E-state index in [0.29, 0.717) is 5.75 Å². The lowest BCUT2D eigenvalue weighted by molar-refractivity contribution is -0.401. The zero-order valence-corrected chi connectivity index (χ0v) is 20.1. The Kier molecular flexibility index (Phi) is 4.92. The van der Waals surface area contributed by atoms with Crippen molar-refractivity contribution in [1.29, 1.82) is 0 Å². The van der Waals surface area contributed by atoms with Crippen molar-refractivity contribution in [2.45, 2.75) is 58.3 Å². The molecular formula is C28H35N2O+. The predicted molar refractivity (Wildman–Crippen MR) is 131 cm³/mol. The van der Waals surface area contributed by atoms with Gasteiger partial charge in [-0.3, -0.25) is 0 Å². The van der Waals surface area contributed by atoms with E-state index in [1.807, 2.05) is 6.07 Å². The van der Waals surface area contributed by atoms with Crippen LogP contribution in [0.1, 0.15) is 64.2 Å². The van der Waals surface area contributed by atoms with Crippen LogP contribution < -0.4 is 4.90 Å². The molecule has 3 nitrogen and oxygen atoms in total. The molecule has 162 valence electrons. The Hall–Kier alpha value is -2.81. The maximum atomic E-state index is 10.5. The molecule has 2 aromatic rings. The van der Waals surface area contributed by atoms with Crippen LogP contribution in [0.3, 0.4) is 0 Å². The molecule has 0 atom stereocenters. The SMILES string of the molecule is CC(C)c1cc2c(cc1O)N(C)/C(=C/C=C/C1=[N+](C)c3ccccc3C1(C)C)C2(C)C. The van der Waals surface area contributed by atoms with Crippen molar-refractivity contribution in [3.05, 3.63) is 77.0 Å². The molecule has 2 heterocycles. The second-order valence-corrected chi connectivity index (χ2v) is 10.3. The molecule has 0 amide bonds. The van der Waals surface area contributed by atoms with Gasteiger partial charge in [0.1, 0.15) is 12.8 Å². The van der Waals surface area contributed by atoms with Gasteiger partial charge >= 0.3 is 0 Å². The monoisotopic (exact) mass is 415 g/mol. The highest BCUT2D eigenvalue weighted by atomic mass is 16.3. The van der Waals surface area contributed by atoms with Gasteiger partial charge in [0, 0.05) is 47.6 Å². The highest BCUT2D eigenvalue weighted by Gasteiger charge is 2.43. The van der Waals surface area contributed by atoms with Crippen molar-refractivity contribution >= 4 is 17.1 Å². The number of allylic oxidation sites excluding steroid dienone is 4. The van der Waals surface area contributed by atoms with Gasteiger partial charge < -0.3 is 10.0 Å². The van der Waals surface area contributed by atoms with Crippen LogP contribution in [-0.2, 0) is 10.8 Å².